The van der Waals surface area contributed by atoms with Crippen LogP contribution in [-0.4, -0.2) is 38.8 Å². The molecular formula is C6H12N2O4S. The van der Waals surface area contributed by atoms with Gasteiger partial charge in [0, 0.05) is 25.4 Å². The smallest absolute Gasteiger partial charge is 0.329 e. The van der Waals surface area contributed by atoms with Crippen LogP contribution >= 0.6 is 0 Å². The molecule has 0 radical (unpaired) electrons. The number of hydrogen-bond acceptors (Lipinski definition) is 4. The van der Waals surface area contributed by atoms with Crippen LogP contribution in [0.3, 0.4) is 0 Å². The molecule has 7 heteroatoms. The molecule has 0 saturated heterocycles. The number of carboxylic acid groups (broad SMARTS) is 1. The van der Waals surface area contributed by atoms with E-state index in [0.29, 0.717) is 6.54 Å². The molecule has 0 fully saturated rings. The molecule has 0 bridgehead atoms. The molecule has 0 aromatic rings. The van der Waals surface area contributed by atoms with Crippen molar-refractivity contribution < 1.29 is 18.3 Å². The van der Waals surface area contributed by atoms with Crippen LogP contribution < -0.4 is 10.0 Å². The van der Waals surface area contributed by atoms with Gasteiger partial charge in [-0.3, -0.25) is 0 Å². The maximum atomic E-state index is 10.5. The third-order valence-electron chi connectivity index (χ3n) is 0.977. The zero-order valence-electron chi connectivity index (χ0n) is 7.15. The summed E-state index contributed by atoms with van der Waals surface area (Å²) >= 11 is 0. The highest BCUT2D eigenvalue weighted by atomic mass is 32.2. The van der Waals surface area contributed by atoms with Crippen LogP contribution in [0.2, 0.25) is 0 Å². The molecule has 0 aromatic carbocycles. The number of aliphatic carboxylic acids is 1. The predicted molar refractivity (Wildman–Crippen MR) is 47.6 cm³/mol. The van der Waals surface area contributed by atoms with E-state index in [1.165, 1.54) is 6.20 Å². The molecule has 0 heterocycles. The molecule has 6 nitrogen and oxygen atoms in total. The predicted octanol–water partition coefficient (Wildman–Crippen LogP) is -1.28. The van der Waals surface area contributed by atoms with E-state index in [1.807, 2.05) is 0 Å². The summed E-state index contributed by atoms with van der Waals surface area (Å²) in [5, 5.41) is 10.8. The van der Waals surface area contributed by atoms with E-state index >= 15 is 0 Å². The van der Waals surface area contributed by atoms with Crippen LogP contribution in [0.1, 0.15) is 0 Å². The number of sulfonamides is 1. The van der Waals surface area contributed by atoms with Crippen LogP contribution in [0.4, 0.5) is 0 Å². The largest absolute Gasteiger partial charge is 0.478 e. The second-order valence-electron chi connectivity index (χ2n) is 2.29. The molecule has 0 amide bonds. The molecule has 0 aliphatic carbocycles. The first kappa shape index (κ1) is 11.9. The van der Waals surface area contributed by atoms with E-state index < -0.39 is 16.0 Å². The Hall–Kier alpha value is -1.08. The molecule has 0 aliphatic rings. The van der Waals surface area contributed by atoms with Crippen LogP contribution in [-0.2, 0) is 14.8 Å². The molecule has 0 atom stereocenters. The van der Waals surface area contributed by atoms with Gasteiger partial charge in [-0.1, -0.05) is 0 Å². The Morgan fingerprint density at radius 3 is 2.54 bits per heavy atom. The van der Waals surface area contributed by atoms with Gasteiger partial charge in [0.25, 0.3) is 0 Å². The average Bonchev–Trinajstić information content (AvgIpc) is 1.93. The van der Waals surface area contributed by atoms with E-state index in [9.17, 15) is 13.2 Å². The summed E-state index contributed by atoms with van der Waals surface area (Å²) in [5.74, 6) is -1.05. The van der Waals surface area contributed by atoms with Crippen molar-refractivity contribution in [1.82, 2.24) is 10.0 Å². The fourth-order valence-electron chi connectivity index (χ4n) is 0.522. The molecule has 0 spiro atoms. The van der Waals surface area contributed by atoms with Crippen molar-refractivity contribution in [3.63, 3.8) is 0 Å². The second kappa shape index (κ2) is 5.55. The highest BCUT2D eigenvalue weighted by Gasteiger charge is 1.96. The standard InChI is InChI=1S/C6H12N2O4S/c1-13(11,12)8-5-4-7-3-2-6(9)10/h2-3,7-8H,4-5H2,1H3,(H,9,10)/b3-2+. The Morgan fingerprint density at radius 1 is 1.46 bits per heavy atom. The first-order chi connectivity index (χ1) is 5.92. The Kier molecular flexibility index (Phi) is 5.09. The maximum absolute atomic E-state index is 10.5. The lowest BCUT2D eigenvalue weighted by atomic mass is 10.6. The van der Waals surface area contributed by atoms with E-state index in [1.54, 1.807) is 0 Å². The first-order valence-electron chi connectivity index (χ1n) is 3.49. The van der Waals surface area contributed by atoms with Crippen LogP contribution in [0, 0.1) is 0 Å². The van der Waals surface area contributed by atoms with Gasteiger partial charge in [0.15, 0.2) is 0 Å². The van der Waals surface area contributed by atoms with Gasteiger partial charge in [0.2, 0.25) is 10.0 Å². The fraction of sp³-hybridized carbons (Fsp3) is 0.500. The topological polar surface area (TPSA) is 95.5 Å². The summed E-state index contributed by atoms with van der Waals surface area (Å²) in [4.78, 5) is 9.95. The van der Waals surface area contributed by atoms with Crippen molar-refractivity contribution in [2.75, 3.05) is 19.3 Å². The fourth-order valence-corrected chi connectivity index (χ4v) is 0.995. The van der Waals surface area contributed by atoms with Crippen molar-refractivity contribution in [3.05, 3.63) is 12.3 Å². The molecule has 0 saturated carbocycles. The van der Waals surface area contributed by atoms with Crippen molar-refractivity contribution in [2.45, 2.75) is 0 Å². The quantitative estimate of drug-likeness (QED) is 0.373. The minimum atomic E-state index is -3.16. The molecule has 0 unspecified atom stereocenters. The molecule has 0 aliphatic heterocycles. The first-order valence-corrected chi connectivity index (χ1v) is 5.38. The third kappa shape index (κ3) is 10.9. The summed E-state index contributed by atoms with van der Waals surface area (Å²) in [6, 6.07) is 0. The summed E-state index contributed by atoms with van der Waals surface area (Å²) in [5.41, 5.74) is 0. The van der Waals surface area contributed by atoms with Gasteiger partial charge >= 0.3 is 5.97 Å². The van der Waals surface area contributed by atoms with Gasteiger partial charge in [-0.2, -0.15) is 0 Å². The minimum Gasteiger partial charge on any atom is -0.478 e. The SMILES string of the molecule is CS(=O)(=O)NCCN/C=C/C(=O)O. The Labute approximate surface area is 76.7 Å². The van der Waals surface area contributed by atoms with E-state index in [2.05, 4.69) is 10.0 Å². The molecule has 0 rings (SSSR count). The lowest BCUT2D eigenvalue weighted by Crippen LogP contribution is -2.29. The summed E-state index contributed by atoms with van der Waals surface area (Å²) in [6.07, 6.45) is 3.23. The Balaban J connectivity index is 3.43. The van der Waals surface area contributed by atoms with Crippen LogP contribution in [0.25, 0.3) is 0 Å². The number of carboxylic acids is 1. The third-order valence-corrected chi connectivity index (χ3v) is 1.71. The Bertz CT molecular complexity index is 283. The highest BCUT2D eigenvalue weighted by molar-refractivity contribution is 7.88. The van der Waals surface area contributed by atoms with Gasteiger partial charge in [-0.15, -0.1) is 0 Å². The van der Waals surface area contributed by atoms with Gasteiger partial charge in [-0.25, -0.2) is 17.9 Å². The second-order valence-corrected chi connectivity index (χ2v) is 4.13. The van der Waals surface area contributed by atoms with Crippen molar-refractivity contribution >= 4 is 16.0 Å². The molecule has 0 aromatic heterocycles. The minimum absolute atomic E-state index is 0.225. The summed E-state index contributed by atoms with van der Waals surface area (Å²) in [6.45, 7) is 0.569. The molecule has 3 N–H and O–H groups in total. The lowest BCUT2D eigenvalue weighted by molar-refractivity contribution is -0.131. The van der Waals surface area contributed by atoms with Gasteiger partial charge < -0.3 is 10.4 Å². The van der Waals surface area contributed by atoms with Crippen LogP contribution in [0.15, 0.2) is 12.3 Å². The highest BCUT2D eigenvalue weighted by Crippen LogP contribution is 1.72. The van der Waals surface area contributed by atoms with Gasteiger partial charge in [-0.05, 0) is 0 Å². The normalized spacial score (nSPS) is 11.8. The van der Waals surface area contributed by atoms with Crippen molar-refractivity contribution in [3.8, 4) is 0 Å². The van der Waals surface area contributed by atoms with E-state index in [-0.39, 0.29) is 6.54 Å². The lowest BCUT2D eigenvalue weighted by Gasteiger charge is -2.00. The molecular weight excluding hydrogens is 196 g/mol. The van der Waals surface area contributed by atoms with Crippen LogP contribution in [0.5, 0.6) is 0 Å². The number of hydrogen-bond donors (Lipinski definition) is 3. The monoisotopic (exact) mass is 208 g/mol. The van der Waals surface area contributed by atoms with Gasteiger partial charge in [0.1, 0.15) is 0 Å². The summed E-state index contributed by atoms with van der Waals surface area (Å²) < 4.78 is 23.3. The van der Waals surface area contributed by atoms with Gasteiger partial charge in [0.05, 0.1) is 6.26 Å². The number of rotatable bonds is 6. The molecule has 76 valence electrons. The van der Waals surface area contributed by atoms with Crippen molar-refractivity contribution in [2.24, 2.45) is 0 Å². The van der Waals surface area contributed by atoms with E-state index in [4.69, 9.17) is 5.11 Å². The zero-order chi connectivity index (χ0) is 10.3. The van der Waals surface area contributed by atoms with E-state index in [0.717, 1.165) is 12.3 Å². The van der Waals surface area contributed by atoms with Crippen molar-refractivity contribution in [1.29, 1.82) is 0 Å². The Morgan fingerprint density at radius 2 is 2.08 bits per heavy atom. The molecule has 13 heavy (non-hydrogen) atoms. The maximum Gasteiger partial charge on any atom is 0.329 e. The number of nitrogens with one attached hydrogen (secondary N) is 2. The number of carbonyl (C=O) groups is 1. The average molecular weight is 208 g/mol. The summed E-state index contributed by atoms with van der Waals surface area (Å²) in [7, 11) is -3.16. The zero-order valence-corrected chi connectivity index (χ0v) is 7.97.